The molecule has 0 bridgehead atoms. The molecule has 2 aromatic heterocycles. The number of pyridine rings is 1. The predicted molar refractivity (Wildman–Crippen MR) is 87.0 cm³/mol. The average molecular weight is 311 g/mol. The number of benzene rings is 1. The largest absolute Gasteiger partial charge is 0.331 e. The Balaban J connectivity index is 1.75. The summed E-state index contributed by atoms with van der Waals surface area (Å²) >= 11 is 0. The molecule has 1 N–H and O–H groups in total. The number of aryl methyl sites for hydroxylation is 1. The minimum absolute atomic E-state index is 0.0701. The standard InChI is InChI=1S/C17H17N3OS/c21-22(17-19-13-8-2-3-9-14(13)20-17)15-10-4-1-6-12-7-5-11-18-16(12)15/h2-3,5,7-9,11,15H,1,4,6,10H2,(H,19,20). The third-order valence-electron chi connectivity index (χ3n) is 4.21. The molecule has 0 fully saturated rings. The van der Waals surface area contributed by atoms with Gasteiger partial charge < -0.3 is 4.98 Å². The van der Waals surface area contributed by atoms with E-state index in [0.29, 0.717) is 5.16 Å². The van der Waals surface area contributed by atoms with Gasteiger partial charge in [0.25, 0.3) is 0 Å². The summed E-state index contributed by atoms with van der Waals surface area (Å²) in [6.07, 6.45) is 5.93. The number of H-pyrrole nitrogens is 1. The molecule has 0 amide bonds. The van der Waals surface area contributed by atoms with Gasteiger partial charge in [0, 0.05) is 6.20 Å². The lowest BCUT2D eigenvalue weighted by Crippen LogP contribution is -2.11. The van der Waals surface area contributed by atoms with E-state index in [4.69, 9.17) is 0 Å². The Hall–Kier alpha value is -2.01. The number of para-hydroxylation sites is 2. The second-order valence-electron chi connectivity index (χ2n) is 5.64. The van der Waals surface area contributed by atoms with Crippen molar-refractivity contribution in [2.45, 2.75) is 36.1 Å². The maximum Gasteiger partial charge on any atom is 0.198 e. The van der Waals surface area contributed by atoms with Gasteiger partial charge in [-0.05, 0) is 43.0 Å². The van der Waals surface area contributed by atoms with Crippen molar-refractivity contribution >= 4 is 21.8 Å². The average Bonchev–Trinajstić information content (AvgIpc) is 2.87. The summed E-state index contributed by atoms with van der Waals surface area (Å²) in [5.74, 6) is 0. The summed E-state index contributed by atoms with van der Waals surface area (Å²) in [6.45, 7) is 0. The van der Waals surface area contributed by atoms with Crippen molar-refractivity contribution in [3.05, 3.63) is 53.9 Å². The Morgan fingerprint density at radius 2 is 2.05 bits per heavy atom. The number of aromatic amines is 1. The van der Waals surface area contributed by atoms with Gasteiger partial charge in [-0.1, -0.05) is 24.6 Å². The molecular formula is C17H17N3OS. The molecule has 22 heavy (non-hydrogen) atoms. The van der Waals surface area contributed by atoms with Crippen LogP contribution in [0, 0.1) is 0 Å². The van der Waals surface area contributed by atoms with Crippen LogP contribution in [-0.2, 0) is 17.2 Å². The molecule has 0 spiro atoms. The van der Waals surface area contributed by atoms with Gasteiger partial charge in [-0.15, -0.1) is 0 Å². The first-order valence-corrected chi connectivity index (χ1v) is 8.83. The number of hydrogen-bond donors (Lipinski definition) is 1. The van der Waals surface area contributed by atoms with E-state index in [0.717, 1.165) is 42.4 Å². The number of nitrogens with zero attached hydrogens (tertiary/aromatic N) is 2. The molecule has 0 radical (unpaired) electrons. The molecule has 2 unspecified atom stereocenters. The van der Waals surface area contributed by atoms with E-state index in [1.54, 1.807) is 6.20 Å². The van der Waals surface area contributed by atoms with Gasteiger partial charge in [-0.25, -0.2) is 4.98 Å². The van der Waals surface area contributed by atoms with Crippen molar-refractivity contribution in [3.8, 4) is 0 Å². The summed E-state index contributed by atoms with van der Waals surface area (Å²) in [4.78, 5) is 12.2. The minimum atomic E-state index is -1.20. The third-order valence-corrected chi connectivity index (χ3v) is 5.76. The zero-order valence-electron chi connectivity index (χ0n) is 12.2. The van der Waals surface area contributed by atoms with Crippen molar-refractivity contribution in [3.63, 3.8) is 0 Å². The topological polar surface area (TPSA) is 58.6 Å². The highest BCUT2D eigenvalue weighted by Crippen LogP contribution is 2.33. The molecule has 2 atom stereocenters. The SMILES string of the molecule is O=S(c1nc2ccccc2[nH]1)C1CCCCc2cccnc21. The molecule has 2 heterocycles. The Morgan fingerprint density at radius 1 is 1.14 bits per heavy atom. The van der Waals surface area contributed by atoms with Gasteiger partial charge in [0.05, 0.1) is 32.8 Å². The highest BCUT2D eigenvalue weighted by atomic mass is 32.2. The Labute approximate surface area is 131 Å². The summed E-state index contributed by atoms with van der Waals surface area (Å²) < 4.78 is 13.1. The van der Waals surface area contributed by atoms with Crippen molar-refractivity contribution in [2.24, 2.45) is 0 Å². The molecule has 0 saturated carbocycles. The van der Waals surface area contributed by atoms with Crippen LogP contribution in [0.2, 0.25) is 0 Å². The summed E-state index contributed by atoms with van der Waals surface area (Å²) in [5, 5.41) is 0.490. The van der Waals surface area contributed by atoms with E-state index in [1.165, 1.54) is 5.56 Å². The summed E-state index contributed by atoms with van der Waals surface area (Å²) in [7, 11) is -1.20. The van der Waals surface area contributed by atoms with E-state index in [-0.39, 0.29) is 5.25 Å². The highest BCUT2D eigenvalue weighted by molar-refractivity contribution is 7.85. The molecular weight excluding hydrogens is 294 g/mol. The first-order valence-electron chi connectivity index (χ1n) is 7.62. The van der Waals surface area contributed by atoms with Gasteiger partial charge in [-0.2, -0.15) is 0 Å². The third kappa shape index (κ3) is 2.35. The number of aromatic nitrogens is 3. The van der Waals surface area contributed by atoms with Gasteiger partial charge in [0.2, 0.25) is 0 Å². The maximum atomic E-state index is 13.1. The highest BCUT2D eigenvalue weighted by Gasteiger charge is 2.28. The molecule has 1 aliphatic rings. The van der Waals surface area contributed by atoms with E-state index in [1.807, 2.05) is 30.3 Å². The van der Waals surface area contributed by atoms with Crippen molar-refractivity contribution in [2.75, 3.05) is 0 Å². The van der Waals surface area contributed by atoms with E-state index in [2.05, 4.69) is 21.0 Å². The lowest BCUT2D eigenvalue weighted by molar-refractivity contribution is 0.642. The second-order valence-corrected chi connectivity index (χ2v) is 7.19. The van der Waals surface area contributed by atoms with Gasteiger partial charge in [0.15, 0.2) is 5.16 Å². The summed E-state index contributed by atoms with van der Waals surface area (Å²) in [5.41, 5.74) is 4.01. The van der Waals surface area contributed by atoms with Crippen LogP contribution < -0.4 is 0 Å². The lowest BCUT2D eigenvalue weighted by atomic mass is 10.1. The van der Waals surface area contributed by atoms with Crippen LogP contribution in [0.25, 0.3) is 11.0 Å². The molecule has 1 aliphatic carbocycles. The van der Waals surface area contributed by atoms with Crippen LogP contribution in [0.15, 0.2) is 47.8 Å². The number of hydrogen-bond acceptors (Lipinski definition) is 3. The molecule has 0 aliphatic heterocycles. The van der Waals surface area contributed by atoms with Crippen molar-refractivity contribution < 1.29 is 4.21 Å². The van der Waals surface area contributed by atoms with E-state index >= 15 is 0 Å². The smallest absolute Gasteiger partial charge is 0.198 e. The van der Waals surface area contributed by atoms with E-state index < -0.39 is 10.8 Å². The van der Waals surface area contributed by atoms with Crippen LogP contribution in [-0.4, -0.2) is 19.2 Å². The zero-order chi connectivity index (χ0) is 14.9. The van der Waals surface area contributed by atoms with Crippen LogP contribution in [0.4, 0.5) is 0 Å². The first-order chi connectivity index (χ1) is 10.8. The fourth-order valence-electron chi connectivity index (χ4n) is 3.10. The molecule has 4 rings (SSSR count). The Kier molecular flexibility index (Phi) is 3.50. The van der Waals surface area contributed by atoms with Gasteiger partial charge in [-0.3, -0.25) is 9.19 Å². The molecule has 4 nitrogen and oxygen atoms in total. The number of fused-ring (bicyclic) bond motifs is 2. The normalized spacial score (nSPS) is 19.5. The number of rotatable bonds is 2. The second kappa shape index (κ2) is 5.65. The van der Waals surface area contributed by atoms with Crippen LogP contribution >= 0.6 is 0 Å². The quantitative estimate of drug-likeness (QED) is 0.737. The van der Waals surface area contributed by atoms with Crippen LogP contribution in [0.1, 0.15) is 35.8 Å². The molecule has 3 aromatic rings. The summed E-state index contributed by atoms with van der Waals surface area (Å²) in [6, 6.07) is 11.9. The van der Waals surface area contributed by atoms with E-state index in [9.17, 15) is 4.21 Å². The fourth-order valence-corrected chi connectivity index (χ4v) is 4.57. The molecule has 1 aromatic carbocycles. The molecule has 5 heteroatoms. The van der Waals surface area contributed by atoms with Crippen molar-refractivity contribution in [1.29, 1.82) is 0 Å². The Bertz CT molecular complexity index is 810. The minimum Gasteiger partial charge on any atom is -0.331 e. The number of nitrogens with one attached hydrogen (secondary N) is 1. The fraction of sp³-hybridized carbons (Fsp3) is 0.294. The number of imidazole rings is 1. The Morgan fingerprint density at radius 3 is 2.95 bits per heavy atom. The van der Waals surface area contributed by atoms with Crippen LogP contribution in [0.3, 0.4) is 0 Å². The maximum absolute atomic E-state index is 13.1. The van der Waals surface area contributed by atoms with Crippen LogP contribution in [0.5, 0.6) is 0 Å². The zero-order valence-corrected chi connectivity index (χ0v) is 13.0. The van der Waals surface area contributed by atoms with Crippen molar-refractivity contribution in [1.82, 2.24) is 15.0 Å². The predicted octanol–water partition coefficient (Wildman–Crippen LogP) is 3.53. The van der Waals surface area contributed by atoms with Gasteiger partial charge >= 0.3 is 0 Å². The first kappa shape index (κ1) is 13.6. The molecule has 0 saturated heterocycles. The monoisotopic (exact) mass is 311 g/mol. The molecule has 112 valence electrons. The van der Waals surface area contributed by atoms with Gasteiger partial charge in [0.1, 0.15) is 0 Å². The lowest BCUT2D eigenvalue weighted by Gasteiger charge is -2.14.